The van der Waals surface area contributed by atoms with Crippen LogP contribution in [0.5, 0.6) is 5.75 Å². The molecule has 0 aliphatic carbocycles. The summed E-state index contributed by atoms with van der Waals surface area (Å²) in [7, 11) is 1.73. The van der Waals surface area contributed by atoms with Gasteiger partial charge in [-0.25, -0.2) is 0 Å². The number of hydrogen-bond donors (Lipinski definition) is 2. The van der Waals surface area contributed by atoms with E-state index in [1.165, 1.54) is 12.1 Å². The molecule has 0 aliphatic rings. The number of likely N-dealkylation sites (N-methyl/N-ethyl adjacent to an activating group) is 1. The van der Waals surface area contributed by atoms with Crippen LogP contribution in [0.1, 0.15) is 11.1 Å². The summed E-state index contributed by atoms with van der Waals surface area (Å²) in [5.41, 5.74) is -0.529. The minimum absolute atomic E-state index is 0.322. The second-order valence-electron chi connectivity index (χ2n) is 3.27. The molecule has 0 radical (unpaired) electrons. The van der Waals surface area contributed by atoms with Crippen LogP contribution in [0.15, 0.2) is 24.3 Å². The Balaban J connectivity index is 2.99. The second-order valence-corrected chi connectivity index (χ2v) is 3.27. The van der Waals surface area contributed by atoms with Gasteiger partial charge in [-0.05, 0) is 30.8 Å². The summed E-state index contributed by atoms with van der Waals surface area (Å²) in [5, 5.41) is 12.0. The molecule has 0 aromatic heterocycles. The summed E-state index contributed by atoms with van der Waals surface area (Å²) >= 11 is 0. The number of nitrogens with one attached hydrogen (secondary N) is 1. The van der Waals surface area contributed by atoms with Crippen molar-refractivity contribution in [2.75, 3.05) is 13.6 Å². The highest BCUT2D eigenvalue weighted by atomic mass is 19.4. The van der Waals surface area contributed by atoms with Crippen LogP contribution in [0.2, 0.25) is 0 Å². The molecule has 0 fully saturated rings. The normalized spacial score (nSPS) is 12.2. The van der Waals surface area contributed by atoms with Gasteiger partial charge in [0.05, 0.1) is 5.56 Å². The van der Waals surface area contributed by atoms with Crippen molar-refractivity contribution in [1.29, 1.82) is 0 Å². The predicted octanol–water partition coefficient (Wildman–Crippen LogP) is 2.64. The maximum Gasteiger partial charge on any atom is 0.416 e. The van der Waals surface area contributed by atoms with Crippen LogP contribution in [0, 0.1) is 0 Å². The SMILES string of the molecule is CNCC=Cc1cc(O)cc(C(F)(F)F)c1. The Morgan fingerprint density at radius 2 is 2.00 bits per heavy atom. The van der Waals surface area contributed by atoms with Crippen molar-refractivity contribution in [3.8, 4) is 5.75 Å². The number of aromatic hydroxyl groups is 1. The van der Waals surface area contributed by atoms with Gasteiger partial charge in [0.2, 0.25) is 0 Å². The molecule has 0 aliphatic heterocycles. The van der Waals surface area contributed by atoms with Crippen LogP contribution in [-0.2, 0) is 6.18 Å². The largest absolute Gasteiger partial charge is 0.508 e. The smallest absolute Gasteiger partial charge is 0.416 e. The highest BCUT2D eigenvalue weighted by Crippen LogP contribution is 2.32. The summed E-state index contributed by atoms with van der Waals surface area (Å²) in [5.74, 6) is -0.390. The Bertz CT molecular complexity index is 385. The highest BCUT2D eigenvalue weighted by Gasteiger charge is 2.31. The average molecular weight is 231 g/mol. The van der Waals surface area contributed by atoms with Crippen molar-refractivity contribution in [3.05, 3.63) is 35.4 Å². The topological polar surface area (TPSA) is 32.3 Å². The molecular weight excluding hydrogens is 219 g/mol. The third kappa shape index (κ3) is 3.58. The first-order valence-electron chi connectivity index (χ1n) is 4.66. The quantitative estimate of drug-likeness (QED) is 0.838. The molecule has 5 heteroatoms. The van der Waals surface area contributed by atoms with Gasteiger partial charge in [0.1, 0.15) is 5.75 Å². The summed E-state index contributed by atoms with van der Waals surface area (Å²) in [6.45, 7) is 0.553. The lowest BCUT2D eigenvalue weighted by Gasteiger charge is -2.08. The first-order valence-corrected chi connectivity index (χ1v) is 4.66. The number of rotatable bonds is 3. The third-order valence-corrected chi connectivity index (χ3v) is 1.90. The molecule has 88 valence electrons. The van der Waals surface area contributed by atoms with Gasteiger partial charge in [-0.3, -0.25) is 0 Å². The monoisotopic (exact) mass is 231 g/mol. The molecule has 0 saturated heterocycles. The minimum atomic E-state index is -4.44. The Labute approximate surface area is 91.4 Å². The number of alkyl halides is 3. The van der Waals surface area contributed by atoms with Gasteiger partial charge >= 0.3 is 6.18 Å². The van der Waals surface area contributed by atoms with Gasteiger partial charge in [0, 0.05) is 6.54 Å². The van der Waals surface area contributed by atoms with Crippen LogP contribution >= 0.6 is 0 Å². The molecule has 1 aromatic carbocycles. The molecule has 0 amide bonds. The Kier molecular flexibility index (Phi) is 3.95. The number of phenols is 1. The van der Waals surface area contributed by atoms with Gasteiger partial charge in [-0.15, -0.1) is 0 Å². The summed E-state index contributed by atoms with van der Waals surface area (Å²) in [6.07, 6.45) is -1.25. The number of benzene rings is 1. The molecule has 0 spiro atoms. The zero-order valence-electron chi connectivity index (χ0n) is 8.67. The summed E-state index contributed by atoms with van der Waals surface area (Å²) in [4.78, 5) is 0. The fourth-order valence-corrected chi connectivity index (χ4v) is 1.21. The van der Waals surface area contributed by atoms with Crippen molar-refractivity contribution in [2.45, 2.75) is 6.18 Å². The van der Waals surface area contributed by atoms with Crippen LogP contribution in [0.3, 0.4) is 0 Å². The zero-order valence-corrected chi connectivity index (χ0v) is 8.67. The summed E-state index contributed by atoms with van der Waals surface area (Å²) < 4.78 is 37.2. The number of phenolic OH excluding ortho intramolecular Hbond substituents is 1. The zero-order chi connectivity index (χ0) is 12.2. The number of halogens is 3. The fourth-order valence-electron chi connectivity index (χ4n) is 1.21. The van der Waals surface area contributed by atoms with E-state index >= 15 is 0 Å². The van der Waals surface area contributed by atoms with Crippen LogP contribution in [0.25, 0.3) is 6.08 Å². The Morgan fingerprint density at radius 1 is 1.31 bits per heavy atom. The van der Waals surface area contributed by atoms with E-state index in [2.05, 4.69) is 5.32 Å². The van der Waals surface area contributed by atoms with Crippen molar-refractivity contribution < 1.29 is 18.3 Å². The number of hydrogen-bond acceptors (Lipinski definition) is 2. The van der Waals surface area contributed by atoms with E-state index in [0.29, 0.717) is 18.2 Å². The van der Waals surface area contributed by atoms with Crippen LogP contribution in [-0.4, -0.2) is 18.7 Å². The molecule has 16 heavy (non-hydrogen) atoms. The molecule has 2 nitrogen and oxygen atoms in total. The lowest BCUT2D eigenvalue weighted by molar-refractivity contribution is -0.137. The fraction of sp³-hybridized carbons (Fsp3) is 0.273. The van der Waals surface area contributed by atoms with Crippen molar-refractivity contribution in [2.24, 2.45) is 0 Å². The molecule has 2 N–H and O–H groups in total. The van der Waals surface area contributed by atoms with Gasteiger partial charge in [-0.1, -0.05) is 12.2 Å². The second kappa shape index (κ2) is 5.03. The third-order valence-electron chi connectivity index (χ3n) is 1.90. The molecule has 0 atom stereocenters. The van der Waals surface area contributed by atoms with Crippen molar-refractivity contribution >= 4 is 6.08 Å². The lowest BCUT2D eigenvalue weighted by Crippen LogP contribution is -2.05. The molecular formula is C11H12F3NO. The summed E-state index contributed by atoms with van der Waals surface area (Å²) in [6, 6.07) is 2.97. The maximum absolute atomic E-state index is 12.4. The first kappa shape index (κ1) is 12.6. The first-order chi connectivity index (χ1) is 7.43. The maximum atomic E-state index is 12.4. The van der Waals surface area contributed by atoms with E-state index < -0.39 is 11.7 Å². The molecule has 0 heterocycles. The van der Waals surface area contributed by atoms with E-state index in [4.69, 9.17) is 5.11 Å². The van der Waals surface area contributed by atoms with Crippen LogP contribution in [0.4, 0.5) is 13.2 Å². The molecule has 1 aromatic rings. The highest BCUT2D eigenvalue weighted by molar-refractivity contribution is 5.53. The Morgan fingerprint density at radius 3 is 2.56 bits per heavy atom. The predicted molar refractivity (Wildman–Crippen MR) is 56.1 cm³/mol. The average Bonchev–Trinajstić information content (AvgIpc) is 2.16. The van der Waals surface area contributed by atoms with E-state index in [0.717, 1.165) is 6.07 Å². The molecule has 0 saturated carbocycles. The molecule has 0 unspecified atom stereocenters. The van der Waals surface area contributed by atoms with Crippen molar-refractivity contribution in [1.82, 2.24) is 5.32 Å². The van der Waals surface area contributed by atoms with E-state index in [-0.39, 0.29) is 5.75 Å². The molecule has 1 rings (SSSR count). The minimum Gasteiger partial charge on any atom is -0.508 e. The molecule has 0 bridgehead atoms. The lowest BCUT2D eigenvalue weighted by atomic mass is 10.1. The standard InChI is InChI=1S/C11H12F3NO/c1-15-4-2-3-8-5-9(11(12,13)14)7-10(16)6-8/h2-3,5-7,15-16H,4H2,1H3. The van der Waals surface area contributed by atoms with Crippen LogP contribution < -0.4 is 5.32 Å². The van der Waals surface area contributed by atoms with E-state index in [1.54, 1.807) is 13.1 Å². The Hall–Kier alpha value is -1.49. The van der Waals surface area contributed by atoms with Gasteiger partial charge in [0.25, 0.3) is 0 Å². The van der Waals surface area contributed by atoms with E-state index in [9.17, 15) is 13.2 Å². The van der Waals surface area contributed by atoms with Crippen molar-refractivity contribution in [3.63, 3.8) is 0 Å². The van der Waals surface area contributed by atoms with Gasteiger partial charge in [-0.2, -0.15) is 13.2 Å². The van der Waals surface area contributed by atoms with Gasteiger partial charge < -0.3 is 10.4 Å². The van der Waals surface area contributed by atoms with E-state index in [1.807, 2.05) is 0 Å². The van der Waals surface area contributed by atoms with Gasteiger partial charge in [0.15, 0.2) is 0 Å².